The fourth-order valence-electron chi connectivity index (χ4n) is 7.76. The first-order chi connectivity index (χ1) is 21.0. The molecular weight excluding hydrogens is 554 g/mol. The second-order valence-electron chi connectivity index (χ2n) is 13.7. The molecule has 1 N–H and O–H groups in total. The van der Waals surface area contributed by atoms with Gasteiger partial charge < -0.3 is 14.5 Å². The van der Waals surface area contributed by atoms with Crippen molar-refractivity contribution in [2.24, 2.45) is 11.8 Å². The summed E-state index contributed by atoms with van der Waals surface area (Å²) in [6.07, 6.45) is 8.29. The predicted octanol–water partition coefficient (Wildman–Crippen LogP) is 5.38. The summed E-state index contributed by atoms with van der Waals surface area (Å²) >= 11 is 0. The largest absolute Gasteiger partial charge is 0.441 e. The summed E-state index contributed by atoms with van der Waals surface area (Å²) in [5, 5.41) is 3.12. The van der Waals surface area contributed by atoms with E-state index in [0.29, 0.717) is 41.9 Å². The van der Waals surface area contributed by atoms with Gasteiger partial charge >= 0.3 is 12.1 Å². The number of nitrogens with zero attached hydrogens (tertiary/aromatic N) is 4. The SMILES string of the molecule is Cc1cc(CC2C(CCC(=O)COC(=O)N3CCC([N+]4(C)CCc5ccccc5NC4=O)CC3)CCC2N(C)C)c(C)cn1. The van der Waals surface area contributed by atoms with Crippen LogP contribution in [-0.2, 0) is 22.4 Å². The van der Waals surface area contributed by atoms with Crippen LogP contribution >= 0.6 is 0 Å². The van der Waals surface area contributed by atoms with Gasteiger partial charge in [-0.3, -0.25) is 15.1 Å². The Morgan fingerprint density at radius 2 is 1.86 bits per heavy atom. The molecule has 238 valence electrons. The lowest BCUT2D eigenvalue weighted by Gasteiger charge is -2.41. The summed E-state index contributed by atoms with van der Waals surface area (Å²) in [7, 11) is 6.32. The molecule has 9 nitrogen and oxygen atoms in total. The van der Waals surface area contributed by atoms with Gasteiger partial charge in [-0.15, -0.1) is 0 Å². The van der Waals surface area contributed by atoms with Crippen molar-refractivity contribution >= 4 is 23.6 Å². The number of carbonyl (C=O) groups is 3. The first kappa shape index (κ1) is 32.1. The molecule has 3 aliphatic rings. The highest BCUT2D eigenvalue weighted by Crippen LogP contribution is 2.40. The Morgan fingerprint density at radius 3 is 2.61 bits per heavy atom. The maximum atomic E-state index is 13.3. The van der Waals surface area contributed by atoms with Crippen LogP contribution in [0.2, 0.25) is 0 Å². The molecule has 5 rings (SSSR count). The van der Waals surface area contributed by atoms with E-state index in [1.807, 2.05) is 38.4 Å². The number of fused-ring (bicyclic) bond motifs is 1. The molecule has 0 spiro atoms. The van der Waals surface area contributed by atoms with Gasteiger partial charge in [0.1, 0.15) is 6.04 Å². The number of quaternary nitrogens is 1. The maximum Gasteiger partial charge on any atom is 0.421 e. The highest BCUT2D eigenvalue weighted by molar-refractivity contribution is 5.86. The van der Waals surface area contributed by atoms with E-state index in [-0.39, 0.29) is 24.5 Å². The highest BCUT2D eigenvalue weighted by atomic mass is 16.6. The van der Waals surface area contributed by atoms with E-state index in [2.05, 4.69) is 48.4 Å². The van der Waals surface area contributed by atoms with Crippen LogP contribution in [0.1, 0.15) is 60.9 Å². The first-order valence-electron chi connectivity index (χ1n) is 16.3. The van der Waals surface area contributed by atoms with Gasteiger partial charge in [-0.1, -0.05) is 18.2 Å². The molecular formula is C35H50N5O4+. The molecule has 3 heterocycles. The smallest absolute Gasteiger partial charge is 0.421 e. The molecule has 0 radical (unpaired) electrons. The summed E-state index contributed by atoms with van der Waals surface area (Å²) in [4.78, 5) is 47.5. The number of benzene rings is 1. The van der Waals surface area contributed by atoms with Crippen LogP contribution in [0.3, 0.4) is 0 Å². The van der Waals surface area contributed by atoms with Crippen molar-refractivity contribution in [3.8, 4) is 0 Å². The molecule has 4 unspecified atom stereocenters. The van der Waals surface area contributed by atoms with Crippen molar-refractivity contribution in [3.63, 3.8) is 0 Å². The van der Waals surface area contributed by atoms with Gasteiger partial charge in [0.15, 0.2) is 12.4 Å². The highest BCUT2D eigenvalue weighted by Gasteiger charge is 2.44. The number of urea groups is 1. The molecule has 1 saturated heterocycles. The quantitative estimate of drug-likeness (QED) is 0.387. The zero-order valence-electron chi connectivity index (χ0n) is 27.2. The molecule has 44 heavy (non-hydrogen) atoms. The number of aryl methyl sites for hydroxylation is 2. The van der Waals surface area contributed by atoms with Gasteiger partial charge in [0, 0.05) is 62.4 Å². The zero-order valence-corrected chi connectivity index (χ0v) is 27.2. The predicted molar refractivity (Wildman–Crippen MR) is 172 cm³/mol. The van der Waals surface area contributed by atoms with Crippen LogP contribution in [0.4, 0.5) is 15.3 Å². The zero-order chi connectivity index (χ0) is 31.4. The molecule has 1 saturated carbocycles. The second kappa shape index (κ2) is 13.8. The van der Waals surface area contributed by atoms with Crippen LogP contribution in [0.25, 0.3) is 0 Å². The van der Waals surface area contributed by atoms with Crippen LogP contribution < -0.4 is 5.32 Å². The van der Waals surface area contributed by atoms with Gasteiger partial charge in [0.2, 0.25) is 0 Å². The van der Waals surface area contributed by atoms with Crippen molar-refractivity contribution in [1.82, 2.24) is 14.8 Å². The monoisotopic (exact) mass is 604 g/mol. The first-order valence-corrected chi connectivity index (χ1v) is 16.3. The number of pyridine rings is 1. The lowest BCUT2D eigenvalue weighted by atomic mass is 9.83. The maximum absolute atomic E-state index is 13.3. The third kappa shape index (κ3) is 7.15. The van der Waals surface area contributed by atoms with Crippen LogP contribution in [-0.4, -0.2) is 96.6 Å². The molecule has 0 bridgehead atoms. The Labute approximate surface area is 262 Å². The summed E-state index contributed by atoms with van der Waals surface area (Å²) in [6, 6.07) is 10.8. The molecule has 2 fully saturated rings. The number of ketones is 1. The fraction of sp³-hybridized carbons (Fsp3) is 0.600. The van der Waals surface area contributed by atoms with Crippen LogP contribution in [0.15, 0.2) is 36.5 Å². The number of ether oxygens (including phenoxy) is 1. The molecule has 2 aliphatic heterocycles. The Kier molecular flexibility index (Phi) is 10.1. The lowest BCUT2D eigenvalue weighted by molar-refractivity contribution is -0.855. The number of piperidine rings is 1. The van der Waals surface area contributed by atoms with Crippen molar-refractivity contribution in [2.75, 3.05) is 52.7 Å². The number of Topliss-reactive ketones (excluding diaryl/α,β-unsaturated/α-hetero) is 1. The molecule has 3 amide bonds. The molecule has 9 heteroatoms. The summed E-state index contributed by atoms with van der Waals surface area (Å²) < 4.78 is 5.81. The third-order valence-electron chi connectivity index (χ3n) is 10.7. The summed E-state index contributed by atoms with van der Waals surface area (Å²) in [5.41, 5.74) is 5.67. The standard InChI is InChI=1S/C35H49N5O4/c1-24-22-36-25(2)20-28(24)21-31-26(11-13-33(31)38(3)4)10-12-30(41)23-44-35(43)39-17-14-29(15-18-39)40(5)19-16-27-8-6-7-9-32(27)37-34(40)42/h6-9,20,22,26,29,31,33H,10-19,21,23H2,1-5H3/p+1. The number of rotatable bonds is 9. The number of aromatic nitrogens is 1. The number of hydrogen-bond acceptors (Lipinski definition) is 6. The van der Waals surface area contributed by atoms with Crippen molar-refractivity contribution < 1.29 is 23.6 Å². The molecule has 1 aromatic heterocycles. The summed E-state index contributed by atoms with van der Waals surface area (Å²) in [5.74, 6) is 0.921. The van der Waals surface area contributed by atoms with Crippen LogP contribution in [0.5, 0.6) is 0 Å². The molecule has 2 aromatic rings. The average Bonchev–Trinajstić information content (AvgIpc) is 3.36. The van der Waals surface area contributed by atoms with E-state index in [4.69, 9.17) is 4.74 Å². The van der Waals surface area contributed by atoms with Crippen LogP contribution in [0, 0.1) is 25.7 Å². The van der Waals surface area contributed by atoms with E-state index in [9.17, 15) is 14.4 Å². The number of anilines is 1. The topological polar surface area (TPSA) is 91.8 Å². The fourth-order valence-corrected chi connectivity index (χ4v) is 7.76. The Morgan fingerprint density at radius 1 is 1.11 bits per heavy atom. The Bertz CT molecular complexity index is 1350. The second-order valence-corrected chi connectivity index (χ2v) is 13.7. The van der Waals surface area contributed by atoms with E-state index >= 15 is 0 Å². The normalized spacial score (nSPS) is 25.8. The van der Waals surface area contributed by atoms with Gasteiger partial charge in [-0.05, 0) is 94.3 Å². The number of para-hydroxylation sites is 1. The minimum Gasteiger partial charge on any atom is -0.441 e. The summed E-state index contributed by atoms with van der Waals surface area (Å²) in [6.45, 7) is 5.76. The van der Waals surface area contributed by atoms with Crippen molar-refractivity contribution in [3.05, 3.63) is 58.9 Å². The number of hydrogen-bond donors (Lipinski definition) is 1. The number of likely N-dealkylation sites (N-methyl/N-ethyl adjacent to an activating group) is 1. The third-order valence-corrected chi connectivity index (χ3v) is 10.7. The minimum absolute atomic E-state index is 0.00834. The van der Waals surface area contributed by atoms with E-state index in [0.717, 1.165) is 68.4 Å². The minimum atomic E-state index is -0.429. The molecule has 1 aliphatic carbocycles. The van der Waals surface area contributed by atoms with Crippen molar-refractivity contribution in [1.29, 1.82) is 0 Å². The van der Waals surface area contributed by atoms with Gasteiger partial charge in [0.05, 0.1) is 13.6 Å². The molecule has 4 atom stereocenters. The van der Waals surface area contributed by atoms with E-state index in [1.165, 1.54) is 11.1 Å². The van der Waals surface area contributed by atoms with Crippen molar-refractivity contribution in [2.45, 2.75) is 77.3 Å². The average molecular weight is 605 g/mol. The molecule has 1 aromatic carbocycles. The number of amides is 3. The lowest BCUT2D eigenvalue weighted by Crippen LogP contribution is -2.61. The number of nitrogens with one attached hydrogen (secondary N) is 1. The van der Waals surface area contributed by atoms with E-state index in [1.54, 1.807) is 4.90 Å². The number of carbonyl (C=O) groups excluding carboxylic acids is 3. The van der Waals surface area contributed by atoms with Gasteiger partial charge in [0.25, 0.3) is 0 Å². The Balaban J connectivity index is 1.08. The van der Waals surface area contributed by atoms with Gasteiger partial charge in [-0.2, -0.15) is 0 Å². The van der Waals surface area contributed by atoms with E-state index < -0.39 is 6.09 Å². The number of likely N-dealkylation sites (tertiary alicyclic amines) is 1. The van der Waals surface area contributed by atoms with Gasteiger partial charge in [-0.25, -0.2) is 14.1 Å². The Hall–Kier alpha value is -3.30.